The summed E-state index contributed by atoms with van der Waals surface area (Å²) in [6.45, 7) is 4.14. The van der Waals surface area contributed by atoms with Crippen molar-refractivity contribution < 1.29 is 9.53 Å². The number of esters is 1. The molecule has 1 aromatic heterocycles. The molecule has 27 heavy (non-hydrogen) atoms. The number of benzene rings is 2. The van der Waals surface area contributed by atoms with Crippen LogP contribution in [0.4, 0.5) is 0 Å². The second kappa shape index (κ2) is 8.86. The quantitative estimate of drug-likeness (QED) is 0.348. The number of carbonyl (C=O) groups is 1. The summed E-state index contributed by atoms with van der Waals surface area (Å²) in [4.78, 5) is 30.2. The molecule has 0 saturated carbocycles. The molecule has 3 aromatic rings. The highest BCUT2D eigenvalue weighted by atomic mass is 32.2. The molecular formula is C21H22N2O3S. The van der Waals surface area contributed by atoms with E-state index < -0.39 is 5.25 Å². The number of fused-ring (bicyclic) bond motifs is 1. The first kappa shape index (κ1) is 19.2. The number of thioether (sulfide) groups is 1. The first-order valence-electron chi connectivity index (χ1n) is 9.06. The van der Waals surface area contributed by atoms with Crippen molar-refractivity contribution in [1.29, 1.82) is 0 Å². The van der Waals surface area contributed by atoms with Crippen LogP contribution >= 0.6 is 11.8 Å². The predicted octanol–water partition coefficient (Wildman–Crippen LogP) is 4.21. The van der Waals surface area contributed by atoms with Crippen LogP contribution in [0.1, 0.15) is 26.7 Å². The van der Waals surface area contributed by atoms with E-state index >= 15 is 0 Å². The van der Waals surface area contributed by atoms with E-state index in [2.05, 4.69) is 0 Å². The van der Waals surface area contributed by atoms with Gasteiger partial charge in [-0.05, 0) is 37.6 Å². The van der Waals surface area contributed by atoms with Gasteiger partial charge in [0.2, 0.25) is 0 Å². The Kier molecular flexibility index (Phi) is 6.29. The minimum absolute atomic E-state index is 0.145. The molecule has 2 aromatic carbocycles. The van der Waals surface area contributed by atoms with Crippen LogP contribution in [0.3, 0.4) is 0 Å². The molecule has 0 radical (unpaired) electrons. The van der Waals surface area contributed by atoms with Gasteiger partial charge in [0.15, 0.2) is 5.16 Å². The summed E-state index contributed by atoms with van der Waals surface area (Å²) < 4.78 is 6.80. The number of hydrogen-bond acceptors (Lipinski definition) is 5. The summed E-state index contributed by atoms with van der Waals surface area (Å²) in [6, 6.07) is 16.6. The average molecular weight is 382 g/mol. The Morgan fingerprint density at radius 1 is 1.11 bits per heavy atom. The van der Waals surface area contributed by atoms with Crippen molar-refractivity contribution in [2.24, 2.45) is 0 Å². The Morgan fingerprint density at radius 2 is 1.81 bits per heavy atom. The lowest BCUT2D eigenvalue weighted by Crippen LogP contribution is -2.25. The SMILES string of the molecule is CCC[C@H](Sc1nc2ccccc2c(=O)n1-c1ccccc1)C(=O)OCC. The summed E-state index contributed by atoms with van der Waals surface area (Å²) in [5.41, 5.74) is 1.20. The van der Waals surface area contributed by atoms with E-state index in [1.54, 1.807) is 17.6 Å². The smallest absolute Gasteiger partial charge is 0.319 e. The van der Waals surface area contributed by atoms with E-state index in [-0.39, 0.29) is 11.5 Å². The molecule has 0 fully saturated rings. The molecule has 1 heterocycles. The van der Waals surface area contributed by atoms with Gasteiger partial charge in [-0.1, -0.05) is 55.4 Å². The first-order valence-corrected chi connectivity index (χ1v) is 9.94. The van der Waals surface area contributed by atoms with Crippen molar-refractivity contribution in [3.05, 3.63) is 65.0 Å². The molecule has 0 aliphatic carbocycles. The van der Waals surface area contributed by atoms with Crippen molar-refractivity contribution >= 4 is 28.6 Å². The largest absolute Gasteiger partial charge is 0.465 e. The molecule has 6 heteroatoms. The van der Waals surface area contributed by atoms with Gasteiger partial charge >= 0.3 is 5.97 Å². The molecule has 140 valence electrons. The zero-order chi connectivity index (χ0) is 19.2. The van der Waals surface area contributed by atoms with Crippen LogP contribution in [0.15, 0.2) is 64.5 Å². The topological polar surface area (TPSA) is 61.2 Å². The van der Waals surface area contributed by atoms with Gasteiger partial charge in [-0.3, -0.25) is 14.2 Å². The van der Waals surface area contributed by atoms with Crippen molar-refractivity contribution in [2.75, 3.05) is 6.61 Å². The zero-order valence-electron chi connectivity index (χ0n) is 15.4. The van der Waals surface area contributed by atoms with Crippen LogP contribution in [0.5, 0.6) is 0 Å². The lowest BCUT2D eigenvalue weighted by molar-refractivity contribution is -0.142. The van der Waals surface area contributed by atoms with Gasteiger partial charge in [-0.2, -0.15) is 0 Å². The van der Waals surface area contributed by atoms with Gasteiger partial charge in [-0.15, -0.1) is 0 Å². The standard InChI is InChI=1S/C21H22N2O3S/c1-3-10-18(20(25)26-4-2)27-21-22-17-14-9-8-13-16(17)19(24)23(21)15-11-6-5-7-12-15/h5-9,11-14,18H,3-4,10H2,1-2H3/t18-/m0/s1. The molecule has 0 aliphatic rings. The van der Waals surface area contributed by atoms with Gasteiger partial charge < -0.3 is 4.74 Å². The fourth-order valence-corrected chi connectivity index (χ4v) is 4.06. The number of ether oxygens (including phenoxy) is 1. The summed E-state index contributed by atoms with van der Waals surface area (Å²) in [6.07, 6.45) is 1.49. The maximum Gasteiger partial charge on any atom is 0.319 e. The Morgan fingerprint density at radius 3 is 2.52 bits per heavy atom. The monoisotopic (exact) mass is 382 g/mol. The van der Waals surface area contributed by atoms with E-state index in [0.29, 0.717) is 29.1 Å². The normalized spacial score (nSPS) is 12.1. The van der Waals surface area contributed by atoms with Gasteiger partial charge in [0.05, 0.1) is 23.2 Å². The molecular weight excluding hydrogens is 360 g/mol. The Balaban J connectivity index is 2.15. The van der Waals surface area contributed by atoms with Gasteiger partial charge in [0.1, 0.15) is 5.25 Å². The van der Waals surface area contributed by atoms with Crippen molar-refractivity contribution in [3.63, 3.8) is 0 Å². The van der Waals surface area contributed by atoms with Crippen LogP contribution in [0, 0.1) is 0 Å². The molecule has 1 atom stereocenters. The van der Waals surface area contributed by atoms with Crippen LogP contribution in [0.2, 0.25) is 0 Å². The molecule has 0 aliphatic heterocycles. The highest BCUT2D eigenvalue weighted by Crippen LogP contribution is 2.28. The van der Waals surface area contributed by atoms with E-state index in [0.717, 1.165) is 12.1 Å². The van der Waals surface area contributed by atoms with Crippen LogP contribution in [-0.4, -0.2) is 27.4 Å². The summed E-state index contributed by atoms with van der Waals surface area (Å²) in [5, 5.41) is 0.642. The Hall–Kier alpha value is -2.60. The number of carbonyl (C=O) groups excluding carboxylic acids is 1. The third kappa shape index (κ3) is 4.22. The lowest BCUT2D eigenvalue weighted by Gasteiger charge is -2.18. The van der Waals surface area contributed by atoms with Crippen molar-refractivity contribution in [1.82, 2.24) is 9.55 Å². The number of aromatic nitrogens is 2. The minimum Gasteiger partial charge on any atom is -0.465 e. The maximum absolute atomic E-state index is 13.2. The number of nitrogens with zero attached hydrogens (tertiary/aromatic N) is 2. The van der Waals surface area contributed by atoms with Crippen molar-refractivity contribution in [3.8, 4) is 5.69 Å². The number of rotatable bonds is 7. The molecule has 0 bridgehead atoms. The van der Waals surface area contributed by atoms with Gasteiger partial charge in [0, 0.05) is 0 Å². The summed E-state index contributed by atoms with van der Waals surface area (Å²) >= 11 is 1.29. The second-order valence-corrected chi connectivity index (χ2v) is 7.20. The van der Waals surface area contributed by atoms with Crippen LogP contribution in [-0.2, 0) is 9.53 Å². The number of para-hydroxylation sites is 2. The van der Waals surface area contributed by atoms with E-state index in [4.69, 9.17) is 9.72 Å². The first-order chi connectivity index (χ1) is 13.2. The van der Waals surface area contributed by atoms with E-state index in [1.807, 2.05) is 55.5 Å². The fraction of sp³-hybridized carbons (Fsp3) is 0.286. The zero-order valence-corrected chi connectivity index (χ0v) is 16.2. The fourth-order valence-electron chi connectivity index (χ4n) is 2.85. The number of hydrogen-bond donors (Lipinski definition) is 0. The Labute approximate surface area is 162 Å². The molecule has 0 amide bonds. The Bertz CT molecular complexity index is 986. The highest BCUT2D eigenvalue weighted by molar-refractivity contribution is 8.00. The predicted molar refractivity (Wildman–Crippen MR) is 109 cm³/mol. The summed E-state index contributed by atoms with van der Waals surface area (Å²) in [7, 11) is 0. The molecule has 0 spiro atoms. The van der Waals surface area contributed by atoms with Gasteiger partial charge in [0.25, 0.3) is 5.56 Å². The second-order valence-electron chi connectivity index (χ2n) is 6.03. The van der Waals surface area contributed by atoms with E-state index in [9.17, 15) is 9.59 Å². The van der Waals surface area contributed by atoms with Gasteiger partial charge in [-0.25, -0.2) is 4.98 Å². The minimum atomic E-state index is -0.405. The highest BCUT2D eigenvalue weighted by Gasteiger charge is 2.24. The van der Waals surface area contributed by atoms with Crippen LogP contribution < -0.4 is 5.56 Å². The molecule has 0 saturated heterocycles. The molecule has 0 unspecified atom stereocenters. The van der Waals surface area contributed by atoms with Crippen LogP contribution in [0.25, 0.3) is 16.6 Å². The van der Waals surface area contributed by atoms with E-state index in [1.165, 1.54) is 11.8 Å². The molecule has 5 nitrogen and oxygen atoms in total. The third-order valence-electron chi connectivity index (χ3n) is 4.11. The third-order valence-corrected chi connectivity index (χ3v) is 5.30. The lowest BCUT2D eigenvalue weighted by atomic mass is 10.2. The molecule has 0 N–H and O–H groups in total. The molecule has 3 rings (SSSR count). The average Bonchev–Trinajstić information content (AvgIpc) is 2.69. The summed E-state index contributed by atoms with van der Waals surface area (Å²) in [5.74, 6) is -0.272. The maximum atomic E-state index is 13.2. The van der Waals surface area contributed by atoms with Crippen molar-refractivity contribution in [2.45, 2.75) is 37.1 Å².